The number of nitrogens with zero attached hydrogens (tertiary/aromatic N) is 1. The predicted octanol–water partition coefficient (Wildman–Crippen LogP) is 0.904. The summed E-state index contributed by atoms with van der Waals surface area (Å²) in [6, 6.07) is 0.558. The Hall–Kier alpha value is -1.45. The van der Waals surface area contributed by atoms with Gasteiger partial charge < -0.3 is 10.6 Å². The fourth-order valence-corrected chi connectivity index (χ4v) is 1.29. The van der Waals surface area contributed by atoms with Crippen LogP contribution >= 0.6 is 0 Å². The van der Waals surface area contributed by atoms with Crippen LogP contribution in [0.2, 0.25) is 0 Å². The number of hydrogen-bond acceptors (Lipinski definition) is 2. The van der Waals surface area contributed by atoms with E-state index < -0.39 is 24.2 Å². The molecule has 14 heavy (non-hydrogen) atoms. The Balaban J connectivity index is 2.92. The molecule has 0 aromatic carbocycles. The zero-order valence-corrected chi connectivity index (χ0v) is 7.11. The Morgan fingerprint density at radius 2 is 2.21 bits per heavy atom. The molecule has 1 atom stereocenters. The van der Waals surface area contributed by atoms with Crippen LogP contribution in [0, 0.1) is 11.3 Å². The summed E-state index contributed by atoms with van der Waals surface area (Å²) in [5.41, 5.74) is -2.38. The minimum atomic E-state index is -4.60. The first-order chi connectivity index (χ1) is 6.41. The molecule has 7 heteroatoms. The molecule has 1 unspecified atom stereocenters. The summed E-state index contributed by atoms with van der Waals surface area (Å²) in [5, 5.41) is 12.3. The molecule has 78 valence electrons. The van der Waals surface area contributed by atoms with Crippen molar-refractivity contribution in [1.29, 1.82) is 5.26 Å². The predicted molar refractivity (Wildman–Crippen MR) is 40.2 cm³/mol. The highest BCUT2D eigenvalue weighted by atomic mass is 19.4. The summed E-state index contributed by atoms with van der Waals surface area (Å²) in [5.74, 6) is 0. The first-order valence-corrected chi connectivity index (χ1v) is 3.91. The van der Waals surface area contributed by atoms with Crippen molar-refractivity contribution in [3.63, 3.8) is 0 Å². The number of carbonyl (C=O) groups is 1. The number of alkyl halides is 3. The zero-order chi connectivity index (χ0) is 10.8. The summed E-state index contributed by atoms with van der Waals surface area (Å²) in [7, 11) is 0. The van der Waals surface area contributed by atoms with Crippen molar-refractivity contribution in [2.24, 2.45) is 0 Å². The first-order valence-electron chi connectivity index (χ1n) is 3.91. The van der Waals surface area contributed by atoms with Crippen LogP contribution in [-0.2, 0) is 0 Å². The van der Waals surface area contributed by atoms with Gasteiger partial charge in [0.15, 0.2) is 5.54 Å². The standard InChI is InChI=1S/C7H8F3N3O/c8-7(9,10)6(1-3-11)2-4-12-5(14)13-6/h1-2,4H2,(H2,12,13,14). The van der Waals surface area contributed by atoms with Crippen LogP contribution in [0.4, 0.5) is 18.0 Å². The summed E-state index contributed by atoms with van der Waals surface area (Å²) >= 11 is 0. The number of carbonyl (C=O) groups excluding carboxylic acids is 1. The topological polar surface area (TPSA) is 64.9 Å². The van der Waals surface area contributed by atoms with Gasteiger partial charge in [0, 0.05) is 6.54 Å². The fraction of sp³-hybridized carbons (Fsp3) is 0.714. The van der Waals surface area contributed by atoms with E-state index in [1.54, 1.807) is 5.32 Å². The average Bonchev–Trinajstić information content (AvgIpc) is 2.02. The lowest BCUT2D eigenvalue weighted by Gasteiger charge is -2.37. The largest absolute Gasteiger partial charge is 0.412 e. The van der Waals surface area contributed by atoms with Gasteiger partial charge in [-0.2, -0.15) is 18.4 Å². The number of urea groups is 1. The maximum atomic E-state index is 12.6. The van der Waals surface area contributed by atoms with Gasteiger partial charge in [-0.15, -0.1) is 0 Å². The second-order valence-corrected chi connectivity index (χ2v) is 3.05. The summed E-state index contributed by atoms with van der Waals surface area (Å²) in [6.07, 6.45) is -5.68. The van der Waals surface area contributed by atoms with Crippen LogP contribution in [0.5, 0.6) is 0 Å². The number of nitrogens with one attached hydrogen (secondary N) is 2. The van der Waals surface area contributed by atoms with Crippen LogP contribution in [0.1, 0.15) is 12.8 Å². The minimum Gasteiger partial charge on any atom is -0.338 e. The minimum absolute atomic E-state index is 0.0764. The molecule has 1 aliphatic heterocycles. The van der Waals surface area contributed by atoms with Crippen LogP contribution in [0.15, 0.2) is 0 Å². The lowest BCUT2D eigenvalue weighted by Crippen LogP contribution is -2.65. The van der Waals surface area contributed by atoms with E-state index in [0.29, 0.717) is 0 Å². The van der Waals surface area contributed by atoms with Crippen molar-refractivity contribution in [2.45, 2.75) is 24.6 Å². The van der Waals surface area contributed by atoms with E-state index in [1.165, 1.54) is 6.07 Å². The molecule has 0 radical (unpaired) electrons. The van der Waals surface area contributed by atoms with Gasteiger partial charge in [-0.3, -0.25) is 0 Å². The molecule has 1 heterocycles. The number of nitriles is 1. The molecule has 0 aromatic rings. The molecule has 0 spiro atoms. The Bertz CT molecular complexity index is 283. The maximum Gasteiger partial charge on any atom is 0.412 e. The third kappa shape index (κ3) is 1.73. The van der Waals surface area contributed by atoms with Crippen molar-refractivity contribution in [1.82, 2.24) is 10.6 Å². The molecular formula is C7H8F3N3O. The van der Waals surface area contributed by atoms with Gasteiger partial charge in [0.1, 0.15) is 0 Å². The normalized spacial score (nSPS) is 27.4. The smallest absolute Gasteiger partial charge is 0.338 e. The molecule has 1 aliphatic rings. The van der Waals surface area contributed by atoms with E-state index in [1.807, 2.05) is 0 Å². The van der Waals surface area contributed by atoms with Gasteiger partial charge in [-0.25, -0.2) is 4.79 Å². The lowest BCUT2D eigenvalue weighted by molar-refractivity contribution is -0.195. The lowest BCUT2D eigenvalue weighted by atomic mass is 9.89. The van der Waals surface area contributed by atoms with Crippen molar-refractivity contribution < 1.29 is 18.0 Å². The van der Waals surface area contributed by atoms with Gasteiger partial charge in [0.25, 0.3) is 0 Å². The molecule has 0 bridgehead atoms. The Morgan fingerprint density at radius 1 is 1.57 bits per heavy atom. The Morgan fingerprint density at radius 3 is 2.64 bits per heavy atom. The van der Waals surface area contributed by atoms with Crippen LogP contribution in [0.3, 0.4) is 0 Å². The van der Waals surface area contributed by atoms with Crippen molar-refractivity contribution in [3.8, 4) is 6.07 Å². The molecule has 0 aliphatic carbocycles. The Kier molecular flexibility index (Phi) is 2.55. The summed E-state index contributed by atoms with van der Waals surface area (Å²) < 4.78 is 37.7. The average molecular weight is 207 g/mol. The maximum absolute atomic E-state index is 12.6. The molecule has 2 amide bonds. The van der Waals surface area contributed by atoms with E-state index in [-0.39, 0.29) is 13.0 Å². The highest BCUT2D eigenvalue weighted by Crippen LogP contribution is 2.36. The van der Waals surface area contributed by atoms with Gasteiger partial charge in [0.05, 0.1) is 12.5 Å². The third-order valence-corrected chi connectivity index (χ3v) is 2.11. The molecule has 1 rings (SSSR count). The molecule has 1 fully saturated rings. The second kappa shape index (κ2) is 3.36. The highest BCUT2D eigenvalue weighted by molar-refractivity contribution is 5.76. The summed E-state index contributed by atoms with van der Waals surface area (Å²) in [6.45, 7) is -0.0764. The Labute approximate surface area is 78.1 Å². The monoisotopic (exact) mass is 207 g/mol. The van der Waals surface area contributed by atoms with E-state index in [0.717, 1.165) is 0 Å². The van der Waals surface area contributed by atoms with Crippen LogP contribution < -0.4 is 10.6 Å². The van der Waals surface area contributed by atoms with E-state index in [4.69, 9.17) is 5.26 Å². The SMILES string of the molecule is N#CCC1(C(F)(F)F)CCNC(=O)N1. The molecular weight excluding hydrogens is 199 g/mol. The summed E-state index contributed by atoms with van der Waals surface area (Å²) in [4.78, 5) is 10.8. The van der Waals surface area contributed by atoms with Crippen molar-refractivity contribution >= 4 is 6.03 Å². The second-order valence-electron chi connectivity index (χ2n) is 3.05. The van der Waals surface area contributed by atoms with Crippen molar-refractivity contribution in [2.75, 3.05) is 6.54 Å². The van der Waals surface area contributed by atoms with Gasteiger partial charge in [0.2, 0.25) is 0 Å². The van der Waals surface area contributed by atoms with Crippen molar-refractivity contribution in [3.05, 3.63) is 0 Å². The number of amides is 2. The molecule has 4 nitrogen and oxygen atoms in total. The highest BCUT2D eigenvalue weighted by Gasteiger charge is 2.56. The number of halogens is 3. The van der Waals surface area contributed by atoms with Crippen LogP contribution in [0.25, 0.3) is 0 Å². The fourth-order valence-electron chi connectivity index (χ4n) is 1.29. The van der Waals surface area contributed by atoms with E-state index in [2.05, 4.69) is 5.32 Å². The van der Waals surface area contributed by atoms with Gasteiger partial charge in [-0.1, -0.05) is 0 Å². The molecule has 0 saturated carbocycles. The molecule has 1 saturated heterocycles. The molecule has 0 aromatic heterocycles. The zero-order valence-electron chi connectivity index (χ0n) is 7.11. The molecule has 2 N–H and O–H groups in total. The third-order valence-electron chi connectivity index (χ3n) is 2.11. The van der Waals surface area contributed by atoms with E-state index in [9.17, 15) is 18.0 Å². The first kappa shape index (κ1) is 10.6. The quantitative estimate of drug-likeness (QED) is 0.671. The van der Waals surface area contributed by atoms with E-state index >= 15 is 0 Å². The van der Waals surface area contributed by atoms with Crippen LogP contribution in [-0.4, -0.2) is 24.3 Å². The number of hydrogen-bond donors (Lipinski definition) is 2. The number of rotatable bonds is 1. The van der Waals surface area contributed by atoms with Gasteiger partial charge >= 0.3 is 12.2 Å². The van der Waals surface area contributed by atoms with Gasteiger partial charge in [-0.05, 0) is 6.42 Å².